The fourth-order valence-electron chi connectivity index (χ4n) is 3.16. The molecule has 1 aromatic carbocycles. The van der Waals surface area contributed by atoms with Crippen LogP contribution in [0.15, 0.2) is 35.5 Å². The van der Waals surface area contributed by atoms with Crippen LogP contribution in [0, 0.1) is 5.92 Å². The number of carboxylic acids is 1. The SMILES string of the molecule is CC(C)C1=C(C(=O)O)N2C(=O)C(NC(=O)C(N)c3ccc(O)cc3)[C@@H]2SC1. The Labute approximate surface area is 160 Å². The van der Waals surface area contributed by atoms with Gasteiger partial charge in [-0.05, 0) is 29.2 Å². The van der Waals surface area contributed by atoms with Crippen molar-refractivity contribution in [1.29, 1.82) is 0 Å². The standard InChI is InChI=1S/C18H21N3O5S/c1-8(2)11-7-27-17-13(16(24)21(17)14(11)18(25)26)20-15(23)12(19)9-3-5-10(22)6-4-9/h3-6,8,12-13,17,22H,7,19H2,1-2H3,(H,20,23)(H,25,26)/t12?,13?,17-/m0/s1. The molecule has 0 radical (unpaired) electrons. The number of aliphatic carboxylic acids is 1. The van der Waals surface area contributed by atoms with E-state index in [1.807, 2.05) is 13.8 Å². The molecule has 0 aromatic heterocycles. The third-order valence-electron chi connectivity index (χ3n) is 4.73. The minimum atomic E-state index is -1.14. The Hall–Kier alpha value is -2.52. The maximum absolute atomic E-state index is 12.5. The van der Waals surface area contributed by atoms with E-state index >= 15 is 0 Å². The summed E-state index contributed by atoms with van der Waals surface area (Å²) in [6, 6.07) is 4.10. The molecule has 0 aliphatic carbocycles. The van der Waals surface area contributed by atoms with Crippen molar-refractivity contribution in [3.05, 3.63) is 41.1 Å². The molecule has 1 saturated heterocycles. The molecule has 27 heavy (non-hydrogen) atoms. The van der Waals surface area contributed by atoms with Gasteiger partial charge in [-0.2, -0.15) is 0 Å². The zero-order chi connectivity index (χ0) is 19.9. The van der Waals surface area contributed by atoms with Crippen LogP contribution < -0.4 is 11.1 Å². The van der Waals surface area contributed by atoms with Crippen LogP contribution in [-0.2, 0) is 14.4 Å². The summed E-state index contributed by atoms with van der Waals surface area (Å²) in [6.45, 7) is 3.78. The molecule has 2 aliphatic rings. The largest absolute Gasteiger partial charge is 0.508 e. The van der Waals surface area contributed by atoms with Crippen molar-refractivity contribution in [3.8, 4) is 5.75 Å². The summed E-state index contributed by atoms with van der Waals surface area (Å²) >= 11 is 1.43. The summed E-state index contributed by atoms with van der Waals surface area (Å²) in [6.07, 6.45) is 0. The number of carbonyl (C=O) groups excluding carboxylic acids is 2. The fourth-order valence-corrected chi connectivity index (χ4v) is 4.72. The predicted molar refractivity (Wildman–Crippen MR) is 99.6 cm³/mol. The number of amides is 2. The highest BCUT2D eigenvalue weighted by Gasteiger charge is 2.54. The third kappa shape index (κ3) is 3.40. The molecule has 9 heteroatoms. The van der Waals surface area contributed by atoms with E-state index in [4.69, 9.17) is 5.73 Å². The zero-order valence-corrected chi connectivity index (χ0v) is 15.7. The smallest absolute Gasteiger partial charge is 0.352 e. The normalized spacial score (nSPS) is 23.0. The first-order valence-corrected chi connectivity index (χ1v) is 9.53. The molecule has 1 aromatic rings. The Morgan fingerprint density at radius 3 is 2.48 bits per heavy atom. The minimum absolute atomic E-state index is 0.00825. The fraction of sp³-hybridized carbons (Fsp3) is 0.389. The Morgan fingerprint density at radius 1 is 1.30 bits per heavy atom. The van der Waals surface area contributed by atoms with E-state index in [2.05, 4.69) is 5.32 Å². The summed E-state index contributed by atoms with van der Waals surface area (Å²) in [5.41, 5.74) is 7.17. The number of carbonyl (C=O) groups is 3. The number of β-lactam (4-membered cyclic amide) rings is 1. The quantitative estimate of drug-likeness (QED) is 0.545. The first-order valence-electron chi connectivity index (χ1n) is 8.48. The number of fused-ring (bicyclic) bond motifs is 1. The Morgan fingerprint density at radius 2 is 1.93 bits per heavy atom. The molecule has 2 heterocycles. The Kier molecular flexibility index (Phi) is 5.16. The molecule has 2 aliphatic heterocycles. The van der Waals surface area contributed by atoms with Gasteiger partial charge in [0.25, 0.3) is 5.91 Å². The number of nitrogens with two attached hydrogens (primary N) is 1. The van der Waals surface area contributed by atoms with Gasteiger partial charge in [-0.1, -0.05) is 26.0 Å². The summed E-state index contributed by atoms with van der Waals surface area (Å²) in [7, 11) is 0. The van der Waals surface area contributed by atoms with Crippen LogP contribution in [0.5, 0.6) is 5.75 Å². The average Bonchev–Trinajstić information content (AvgIpc) is 2.64. The van der Waals surface area contributed by atoms with Crippen LogP contribution in [0.2, 0.25) is 0 Å². The van der Waals surface area contributed by atoms with Crippen molar-refractivity contribution >= 4 is 29.5 Å². The van der Waals surface area contributed by atoms with E-state index in [0.717, 1.165) is 0 Å². The molecule has 0 saturated carbocycles. The van der Waals surface area contributed by atoms with Crippen molar-refractivity contribution < 1.29 is 24.6 Å². The lowest BCUT2D eigenvalue weighted by atomic mass is 9.97. The first kappa shape index (κ1) is 19.2. The number of nitrogens with one attached hydrogen (secondary N) is 1. The summed E-state index contributed by atoms with van der Waals surface area (Å²) < 4.78 is 0. The highest BCUT2D eigenvalue weighted by Crippen LogP contribution is 2.42. The van der Waals surface area contributed by atoms with Crippen LogP contribution >= 0.6 is 11.8 Å². The van der Waals surface area contributed by atoms with Crippen LogP contribution in [0.4, 0.5) is 0 Å². The first-order chi connectivity index (χ1) is 12.7. The molecule has 5 N–H and O–H groups in total. The van der Waals surface area contributed by atoms with Gasteiger partial charge in [-0.25, -0.2) is 4.79 Å². The number of rotatable bonds is 5. The maximum atomic E-state index is 12.5. The zero-order valence-electron chi connectivity index (χ0n) is 14.9. The van der Waals surface area contributed by atoms with Crippen LogP contribution in [0.3, 0.4) is 0 Å². The lowest BCUT2D eigenvalue weighted by molar-refractivity contribution is -0.151. The monoisotopic (exact) mass is 391 g/mol. The lowest BCUT2D eigenvalue weighted by Gasteiger charge is -2.50. The van der Waals surface area contributed by atoms with Crippen molar-refractivity contribution in [3.63, 3.8) is 0 Å². The number of carboxylic acid groups (broad SMARTS) is 1. The van der Waals surface area contributed by atoms with Crippen LogP contribution in [-0.4, -0.2) is 50.1 Å². The molecule has 1 fully saturated rings. The molecule has 144 valence electrons. The molecule has 2 amide bonds. The van der Waals surface area contributed by atoms with Gasteiger partial charge >= 0.3 is 5.97 Å². The lowest BCUT2D eigenvalue weighted by Crippen LogP contribution is -2.71. The third-order valence-corrected chi connectivity index (χ3v) is 6.03. The van der Waals surface area contributed by atoms with Gasteiger partial charge in [0.2, 0.25) is 5.91 Å². The van der Waals surface area contributed by atoms with Crippen molar-refractivity contribution in [2.45, 2.75) is 31.3 Å². The van der Waals surface area contributed by atoms with Gasteiger partial charge < -0.3 is 21.3 Å². The maximum Gasteiger partial charge on any atom is 0.352 e. The van der Waals surface area contributed by atoms with E-state index in [0.29, 0.717) is 16.9 Å². The molecule has 0 bridgehead atoms. The van der Waals surface area contributed by atoms with Gasteiger partial charge in [0, 0.05) is 5.75 Å². The number of hydrogen-bond acceptors (Lipinski definition) is 6. The van der Waals surface area contributed by atoms with E-state index in [1.165, 1.54) is 40.9 Å². The highest BCUT2D eigenvalue weighted by molar-refractivity contribution is 8.00. The Bertz CT molecular complexity index is 821. The minimum Gasteiger partial charge on any atom is -0.508 e. The second-order valence-electron chi connectivity index (χ2n) is 6.80. The van der Waals surface area contributed by atoms with Crippen molar-refractivity contribution in [1.82, 2.24) is 10.2 Å². The number of phenolic OH excluding ortho intramolecular Hbond substituents is 1. The van der Waals surface area contributed by atoms with Gasteiger partial charge in [0.05, 0.1) is 0 Å². The molecular formula is C18H21N3O5S. The Balaban J connectivity index is 1.74. The molecule has 2 unspecified atom stereocenters. The van der Waals surface area contributed by atoms with Crippen LogP contribution in [0.25, 0.3) is 0 Å². The van der Waals surface area contributed by atoms with Gasteiger partial charge in [0.15, 0.2) is 0 Å². The molecular weight excluding hydrogens is 370 g/mol. The van der Waals surface area contributed by atoms with Gasteiger partial charge in [0.1, 0.15) is 28.9 Å². The number of hydrogen-bond donors (Lipinski definition) is 4. The molecule has 0 spiro atoms. The second kappa shape index (κ2) is 7.24. The summed E-state index contributed by atoms with van der Waals surface area (Å²) in [5, 5.41) is 21.0. The van der Waals surface area contributed by atoms with E-state index in [9.17, 15) is 24.6 Å². The van der Waals surface area contributed by atoms with Crippen LogP contribution in [0.1, 0.15) is 25.5 Å². The molecule has 3 rings (SSSR count). The van der Waals surface area contributed by atoms with E-state index in [-0.39, 0.29) is 17.4 Å². The number of thioether (sulfide) groups is 1. The average molecular weight is 391 g/mol. The number of nitrogens with zero attached hydrogens (tertiary/aromatic N) is 1. The highest BCUT2D eigenvalue weighted by atomic mass is 32.2. The van der Waals surface area contributed by atoms with Gasteiger partial charge in [-0.15, -0.1) is 11.8 Å². The number of aromatic hydroxyl groups is 1. The molecule has 8 nitrogen and oxygen atoms in total. The predicted octanol–water partition coefficient (Wildman–Crippen LogP) is 0.787. The van der Waals surface area contributed by atoms with Crippen molar-refractivity contribution in [2.75, 3.05) is 5.75 Å². The molecule has 3 atom stereocenters. The van der Waals surface area contributed by atoms with E-state index in [1.54, 1.807) is 0 Å². The topological polar surface area (TPSA) is 133 Å². The number of phenols is 1. The number of benzene rings is 1. The van der Waals surface area contributed by atoms with Gasteiger partial charge in [-0.3, -0.25) is 14.5 Å². The summed E-state index contributed by atoms with van der Waals surface area (Å²) in [5.74, 6) is -1.56. The summed E-state index contributed by atoms with van der Waals surface area (Å²) in [4.78, 5) is 37.9. The van der Waals surface area contributed by atoms with Crippen molar-refractivity contribution in [2.24, 2.45) is 11.7 Å². The second-order valence-corrected chi connectivity index (χ2v) is 7.90. The van der Waals surface area contributed by atoms with E-state index < -0.39 is 35.2 Å².